The van der Waals surface area contributed by atoms with E-state index < -0.39 is 0 Å². The van der Waals surface area contributed by atoms with Gasteiger partial charge < -0.3 is 20.5 Å². The number of nitrogens with zero attached hydrogens (tertiary/aromatic N) is 1. The summed E-state index contributed by atoms with van der Waals surface area (Å²) < 4.78 is 5.87. The number of aliphatic hydroxyl groups is 1. The summed E-state index contributed by atoms with van der Waals surface area (Å²) in [5.74, 6) is 1.59. The predicted octanol–water partition coefficient (Wildman–Crippen LogP) is 1.93. The molecule has 1 atom stereocenters. The number of para-hydroxylation sites is 1. The van der Waals surface area contributed by atoms with Crippen LogP contribution in [0.1, 0.15) is 19.4 Å². The summed E-state index contributed by atoms with van der Waals surface area (Å²) in [5, 5.41) is 15.0. The zero-order chi connectivity index (χ0) is 14.8. The van der Waals surface area contributed by atoms with Crippen LogP contribution in [0.2, 0.25) is 0 Å². The molecule has 0 aliphatic rings. The van der Waals surface area contributed by atoms with Crippen molar-refractivity contribution in [1.82, 2.24) is 10.6 Å². The van der Waals surface area contributed by atoms with Crippen LogP contribution in [0.5, 0.6) is 5.75 Å². The Labute approximate surface area is 144 Å². The molecule has 0 saturated carbocycles. The van der Waals surface area contributed by atoms with E-state index in [0.717, 1.165) is 17.9 Å². The molecule has 0 saturated heterocycles. The zero-order valence-electron chi connectivity index (χ0n) is 12.9. The molecule has 0 fully saturated rings. The Bertz CT molecular complexity index is 427. The van der Waals surface area contributed by atoms with Crippen molar-refractivity contribution in [3.8, 4) is 5.75 Å². The van der Waals surface area contributed by atoms with Crippen molar-refractivity contribution in [3.05, 3.63) is 29.8 Å². The first-order valence-corrected chi connectivity index (χ1v) is 7.02. The summed E-state index contributed by atoms with van der Waals surface area (Å²) in [6, 6.07) is 7.95. The number of benzene rings is 1. The average Bonchev–Trinajstić information content (AvgIpc) is 2.44. The van der Waals surface area contributed by atoms with Gasteiger partial charge in [-0.1, -0.05) is 18.2 Å². The van der Waals surface area contributed by atoms with Gasteiger partial charge in [0.15, 0.2) is 5.96 Å². The number of ether oxygens (including phenoxy) is 1. The van der Waals surface area contributed by atoms with Crippen molar-refractivity contribution in [2.75, 3.05) is 26.2 Å². The van der Waals surface area contributed by atoms with E-state index >= 15 is 0 Å². The SMILES string of the molecule is CCNC(=NCC(C)Oc1ccccc1C)NCCO.I. The highest BCUT2D eigenvalue weighted by Gasteiger charge is 2.06. The molecule has 1 aromatic carbocycles. The molecule has 1 aromatic rings. The predicted molar refractivity (Wildman–Crippen MR) is 97.8 cm³/mol. The van der Waals surface area contributed by atoms with Gasteiger partial charge in [-0.3, -0.25) is 0 Å². The highest BCUT2D eigenvalue weighted by atomic mass is 127. The largest absolute Gasteiger partial charge is 0.489 e. The number of aryl methyl sites for hydroxylation is 1. The zero-order valence-corrected chi connectivity index (χ0v) is 15.3. The van der Waals surface area contributed by atoms with Gasteiger partial charge in [-0.25, -0.2) is 4.99 Å². The van der Waals surface area contributed by atoms with Crippen LogP contribution in [-0.2, 0) is 0 Å². The van der Waals surface area contributed by atoms with E-state index in [4.69, 9.17) is 9.84 Å². The lowest BCUT2D eigenvalue weighted by atomic mass is 10.2. The van der Waals surface area contributed by atoms with E-state index in [1.54, 1.807) is 0 Å². The van der Waals surface area contributed by atoms with Crippen LogP contribution < -0.4 is 15.4 Å². The first kappa shape index (κ1) is 20.0. The minimum absolute atomic E-state index is 0. The number of guanidine groups is 1. The second-order valence-corrected chi connectivity index (χ2v) is 4.56. The fourth-order valence-corrected chi connectivity index (χ4v) is 1.68. The van der Waals surface area contributed by atoms with Gasteiger partial charge >= 0.3 is 0 Å². The number of halogens is 1. The normalized spacial score (nSPS) is 12.3. The Balaban J connectivity index is 0.00000400. The van der Waals surface area contributed by atoms with Crippen molar-refractivity contribution in [3.63, 3.8) is 0 Å². The third kappa shape index (κ3) is 8.11. The van der Waals surface area contributed by atoms with Gasteiger partial charge in [0.25, 0.3) is 0 Å². The quantitative estimate of drug-likeness (QED) is 0.367. The standard InChI is InChI=1S/C15H25N3O2.HI/c1-4-16-15(17-9-10-19)18-11-13(3)20-14-8-6-5-7-12(14)2;/h5-8,13,19H,4,9-11H2,1-3H3,(H2,16,17,18);1H. The third-order valence-electron chi connectivity index (χ3n) is 2.68. The molecule has 21 heavy (non-hydrogen) atoms. The number of hydrogen-bond acceptors (Lipinski definition) is 3. The molecule has 0 amide bonds. The Hall–Kier alpha value is -1.02. The van der Waals surface area contributed by atoms with E-state index in [9.17, 15) is 0 Å². The summed E-state index contributed by atoms with van der Waals surface area (Å²) in [4.78, 5) is 4.44. The highest BCUT2D eigenvalue weighted by Crippen LogP contribution is 2.17. The molecule has 0 aromatic heterocycles. The van der Waals surface area contributed by atoms with E-state index in [1.807, 2.05) is 45.0 Å². The lowest BCUT2D eigenvalue weighted by Gasteiger charge is -2.16. The van der Waals surface area contributed by atoms with E-state index in [0.29, 0.717) is 19.0 Å². The topological polar surface area (TPSA) is 65.9 Å². The van der Waals surface area contributed by atoms with Crippen molar-refractivity contribution in [2.24, 2.45) is 4.99 Å². The summed E-state index contributed by atoms with van der Waals surface area (Å²) in [6.45, 7) is 7.92. The van der Waals surface area contributed by atoms with Gasteiger partial charge in [-0.15, -0.1) is 24.0 Å². The van der Waals surface area contributed by atoms with Crippen LogP contribution >= 0.6 is 24.0 Å². The third-order valence-corrected chi connectivity index (χ3v) is 2.68. The van der Waals surface area contributed by atoms with Crippen molar-refractivity contribution < 1.29 is 9.84 Å². The van der Waals surface area contributed by atoms with Gasteiger partial charge in [-0.2, -0.15) is 0 Å². The molecular formula is C15H26IN3O2. The molecule has 0 aliphatic heterocycles. The summed E-state index contributed by atoms with van der Waals surface area (Å²) in [7, 11) is 0. The van der Waals surface area contributed by atoms with Crippen LogP contribution in [0.25, 0.3) is 0 Å². The van der Waals surface area contributed by atoms with Crippen LogP contribution in [0.4, 0.5) is 0 Å². The molecule has 1 rings (SSSR count). The second kappa shape index (κ2) is 11.6. The Kier molecular flexibility index (Phi) is 11.1. The van der Waals surface area contributed by atoms with Crippen LogP contribution in [-0.4, -0.2) is 43.4 Å². The van der Waals surface area contributed by atoms with Crippen molar-refractivity contribution in [1.29, 1.82) is 0 Å². The van der Waals surface area contributed by atoms with Crippen LogP contribution in [0.3, 0.4) is 0 Å². The number of aliphatic hydroxyl groups excluding tert-OH is 1. The summed E-state index contributed by atoms with van der Waals surface area (Å²) >= 11 is 0. The number of rotatable bonds is 7. The molecule has 0 heterocycles. The molecule has 0 bridgehead atoms. The molecular weight excluding hydrogens is 381 g/mol. The smallest absolute Gasteiger partial charge is 0.191 e. The van der Waals surface area contributed by atoms with Crippen molar-refractivity contribution >= 4 is 29.9 Å². The Morgan fingerprint density at radius 2 is 2.05 bits per heavy atom. The average molecular weight is 407 g/mol. The van der Waals surface area contributed by atoms with Crippen molar-refractivity contribution in [2.45, 2.75) is 26.9 Å². The number of hydrogen-bond donors (Lipinski definition) is 3. The van der Waals surface area contributed by atoms with Crippen LogP contribution in [0, 0.1) is 6.92 Å². The molecule has 0 radical (unpaired) electrons. The van der Waals surface area contributed by atoms with E-state index in [-0.39, 0.29) is 36.7 Å². The first-order chi connectivity index (χ1) is 9.67. The van der Waals surface area contributed by atoms with E-state index in [2.05, 4.69) is 15.6 Å². The number of aliphatic imine (C=N–C) groups is 1. The molecule has 6 heteroatoms. The maximum atomic E-state index is 8.82. The Morgan fingerprint density at radius 1 is 1.33 bits per heavy atom. The maximum Gasteiger partial charge on any atom is 0.191 e. The van der Waals surface area contributed by atoms with Gasteiger partial charge in [0.05, 0.1) is 13.2 Å². The second-order valence-electron chi connectivity index (χ2n) is 4.56. The molecule has 120 valence electrons. The molecule has 3 N–H and O–H groups in total. The molecule has 5 nitrogen and oxygen atoms in total. The lowest BCUT2D eigenvalue weighted by Crippen LogP contribution is -2.39. The van der Waals surface area contributed by atoms with Gasteiger partial charge in [-0.05, 0) is 32.4 Å². The Morgan fingerprint density at radius 3 is 2.67 bits per heavy atom. The maximum absolute atomic E-state index is 8.82. The molecule has 1 unspecified atom stereocenters. The fourth-order valence-electron chi connectivity index (χ4n) is 1.68. The van der Waals surface area contributed by atoms with Gasteiger partial charge in [0.2, 0.25) is 0 Å². The highest BCUT2D eigenvalue weighted by molar-refractivity contribution is 14.0. The monoisotopic (exact) mass is 407 g/mol. The van der Waals surface area contributed by atoms with Gasteiger partial charge in [0, 0.05) is 13.1 Å². The summed E-state index contributed by atoms with van der Waals surface area (Å²) in [6.07, 6.45) is -0.0133. The number of nitrogens with one attached hydrogen (secondary N) is 2. The first-order valence-electron chi connectivity index (χ1n) is 7.02. The van der Waals surface area contributed by atoms with E-state index in [1.165, 1.54) is 0 Å². The van der Waals surface area contributed by atoms with Gasteiger partial charge in [0.1, 0.15) is 11.9 Å². The summed E-state index contributed by atoms with van der Waals surface area (Å²) in [5.41, 5.74) is 1.12. The minimum atomic E-state index is -0.0133. The van der Waals surface area contributed by atoms with Crippen LogP contribution in [0.15, 0.2) is 29.3 Å². The minimum Gasteiger partial charge on any atom is -0.489 e. The molecule has 0 spiro atoms. The molecule has 0 aliphatic carbocycles. The fraction of sp³-hybridized carbons (Fsp3) is 0.533. The lowest BCUT2D eigenvalue weighted by molar-refractivity contribution is 0.228.